The summed E-state index contributed by atoms with van der Waals surface area (Å²) in [4.78, 5) is 24.5. The molecule has 1 aromatic carbocycles. The fourth-order valence-electron chi connectivity index (χ4n) is 2.85. The highest BCUT2D eigenvalue weighted by molar-refractivity contribution is 5.90. The maximum Gasteiger partial charge on any atom is 0.264 e. The molecule has 154 valence electrons. The first kappa shape index (κ1) is 20.6. The Kier molecular flexibility index (Phi) is 5.71. The number of amides is 1. The highest BCUT2D eigenvalue weighted by atomic mass is 19.3. The molecule has 0 atom stereocenters. The summed E-state index contributed by atoms with van der Waals surface area (Å²) in [7, 11) is 0. The molecule has 1 amide bonds. The predicted octanol–water partition coefficient (Wildman–Crippen LogP) is 4.02. The zero-order valence-corrected chi connectivity index (χ0v) is 15.6. The van der Waals surface area contributed by atoms with E-state index in [0.29, 0.717) is 0 Å². The smallest absolute Gasteiger partial charge is 0.264 e. The first-order valence-corrected chi connectivity index (χ1v) is 8.83. The lowest BCUT2D eigenvalue weighted by molar-refractivity contribution is -0.116. The van der Waals surface area contributed by atoms with Crippen LogP contribution in [-0.2, 0) is 11.3 Å². The maximum absolute atomic E-state index is 13.3. The number of aryl methyl sites for hydroxylation is 1. The van der Waals surface area contributed by atoms with Gasteiger partial charge in [-0.05, 0) is 26.0 Å². The molecule has 0 aliphatic carbocycles. The summed E-state index contributed by atoms with van der Waals surface area (Å²) in [6, 6.07) is 3.63. The minimum absolute atomic E-state index is 0.0575. The number of rotatable bonds is 6. The van der Waals surface area contributed by atoms with Gasteiger partial charge in [0.25, 0.3) is 12.0 Å². The van der Waals surface area contributed by atoms with Crippen LogP contribution >= 0.6 is 0 Å². The Balaban J connectivity index is 1.86. The molecule has 0 radical (unpaired) electrons. The quantitative estimate of drug-likeness (QED) is 0.624. The van der Waals surface area contributed by atoms with Gasteiger partial charge >= 0.3 is 0 Å². The van der Waals surface area contributed by atoms with Crippen LogP contribution in [0.1, 0.15) is 38.3 Å². The largest absolute Gasteiger partial charge is 0.326 e. The Morgan fingerprint density at radius 2 is 1.90 bits per heavy atom. The molecule has 3 rings (SSSR count). The average molecular weight is 410 g/mol. The number of nitrogens with zero attached hydrogens (tertiary/aromatic N) is 3. The molecule has 0 spiro atoms. The van der Waals surface area contributed by atoms with Gasteiger partial charge in [-0.15, -0.1) is 0 Å². The van der Waals surface area contributed by atoms with E-state index < -0.39 is 35.1 Å². The van der Waals surface area contributed by atoms with Crippen molar-refractivity contribution in [3.63, 3.8) is 0 Å². The lowest BCUT2D eigenvalue weighted by Crippen LogP contribution is -2.24. The van der Waals surface area contributed by atoms with Crippen LogP contribution in [-0.4, -0.2) is 20.3 Å². The number of hydrogen-bond donors (Lipinski definition) is 1. The fourth-order valence-corrected chi connectivity index (χ4v) is 2.85. The number of anilines is 1. The van der Waals surface area contributed by atoms with Crippen LogP contribution in [0.2, 0.25) is 0 Å². The number of pyridine rings is 1. The van der Waals surface area contributed by atoms with E-state index in [9.17, 15) is 27.2 Å². The van der Waals surface area contributed by atoms with Gasteiger partial charge < -0.3 is 5.32 Å². The summed E-state index contributed by atoms with van der Waals surface area (Å²) in [5.74, 6) is -2.71. The van der Waals surface area contributed by atoms with Gasteiger partial charge in [0, 0.05) is 54.0 Å². The standard InChI is InChI=1S/C19H18F4N4O2/c1-10(2)27-9-13-12(18(22)23)8-17(29)26(19(13)25-27)6-5-16(28)24-11-3-4-14(20)15(21)7-11/h3-4,7-10,18H,5-6H2,1-2H3,(H,24,28). The molecule has 0 unspecified atom stereocenters. The van der Waals surface area contributed by atoms with Gasteiger partial charge in [-0.3, -0.25) is 18.8 Å². The number of benzene rings is 1. The molecule has 0 aliphatic rings. The summed E-state index contributed by atoms with van der Waals surface area (Å²) in [5, 5.41) is 6.75. The second-order valence-electron chi connectivity index (χ2n) is 6.76. The van der Waals surface area contributed by atoms with Crippen LogP contribution in [0, 0.1) is 11.6 Å². The third-order valence-electron chi connectivity index (χ3n) is 4.35. The number of nitrogens with one attached hydrogen (secondary N) is 1. The van der Waals surface area contributed by atoms with Crippen molar-refractivity contribution < 1.29 is 22.4 Å². The van der Waals surface area contributed by atoms with Crippen molar-refractivity contribution >= 4 is 22.6 Å². The summed E-state index contributed by atoms with van der Waals surface area (Å²) < 4.78 is 55.5. The van der Waals surface area contributed by atoms with Gasteiger partial charge in [-0.1, -0.05) is 0 Å². The molecule has 0 saturated heterocycles. The van der Waals surface area contributed by atoms with E-state index in [1.54, 1.807) is 0 Å². The Morgan fingerprint density at radius 3 is 2.52 bits per heavy atom. The molecule has 6 nitrogen and oxygen atoms in total. The number of carbonyl (C=O) groups is 1. The molecular weight excluding hydrogens is 392 g/mol. The second-order valence-corrected chi connectivity index (χ2v) is 6.76. The first-order valence-electron chi connectivity index (χ1n) is 8.83. The maximum atomic E-state index is 13.3. The third kappa shape index (κ3) is 4.30. The molecule has 3 aromatic rings. The molecule has 2 heterocycles. The summed E-state index contributed by atoms with van der Waals surface area (Å²) >= 11 is 0. The molecule has 1 N–H and O–H groups in total. The first-order chi connectivity index (χ1) is 13.7. The zero-order chi connectivity index (χ0) is 21.3. The fraction of sp³-hybridized carbons (Fsp3) is 0.316. The Hall–Kier alpha value is -3.17. The minimum Gasteiger partial charge on any atom is -0.326 e. The molecular formula is C19H18F4N4O2. The van der Waals surface area contributed by atoms with Crippen LogP contribution in [0.25, 0.3) is 11.0 Å². The van der Waals surface area contributed by atoms with E-state index >= 15 is 0 Å². The van der Waals surface area contributed by atoms with Gasteiger partial charge in [0.1, 0.15) is 0 Å². The minimum atomic E-state index is -2.85. The van der Waals surface area contributed by atoms with Crippen molar-refractivity contribution in [1.82, 2.24) is 14.3 Å². The van der Waals surface area contributed by atoms with E-state index in [-0.39, 0.29) is 35.7 Å². The van der Waals surface area contributed by atoms with Crippen molar-refractivity contribution in [2.45, 2.75) is 39.3 Å². The number of alkyl halides is 2. The van der Waals surface area contributed by atoms with E-state index in [4.69, 9.17) is 0 Å². The van der Waals surface area contributed by atoms with Crippen LogP contribution < -0.4 is 10.9 Å². The molecule has 0 fully saturated rings. The second kappa shape index (κ2) is 8.06. The summed E-state index contributed by atoms with van der Waals surface area (Å²) in [5.41, 5.74) is -1.01. The number of fused-ring (bicyclic) bond motifs is 1. The van der Waals surface area contributed by atoms with Gasteiger partial charge in [0.15, 0.2) is 17.3 Å². The van der Waals surface area contributed by atoms with Crippen molar-refractivity contribution in [3.05, 3.63) is 58.0 Å². The van der Waals surface area contributed by atoms with Crippen molar-refractivity contribution in [1.29, 1.82) is 0 Å². The van der Waals surface area contributed by atoms with Crippen LogP contribution in [0.5, 0.6) is 0 Å². The number of halogens is 4. The Bertz CT molecular complexity index is 1120. The van der Waals surface area contributed by atoms with Gasteiger partial charge in [-0.25, -0.2) is 17.6 Å². The molecule has 0 aliphatic heterocycles. The number of carbonyl (C=O) groups excluding carboxylic acids is 1. The monoisotopic (exact) mass is 410 g/mol. The van der Waals surface area contributed by atoms with Gasteiger partial charge in [0.05, 0.1) is 0 Å². The summed E-state index contributed by atoms with van der Waals surface area (Å²) in [6.07, 6.45) is -1.60. The molecule has 0 bridgehead atoms. The lowest BCUT2D eigenvalue weighted by atomic mass is 10.2. The Morgan fingerprint density at radius 1 is 1.17 bits per heavy atom. The normalized spacial score (nSPS) is 11.6. The van der Waals surface area contributed by atoms with Crippen LogP contribution in [0.15, 0.2) is 35.3 Å². The Labute approximate surface area is 162 Å². The third-order valence-corrected chi connectivity index (χ3v) is 4.35. The van der Waals surface area contributed by atoms with Crippen molar-refractivity contribution in [2.75, 3.05) is 5.32 Å². The van der Waals surface area contributed by atoms with Crippen molar-refractivity contribution in [2.24, 2.45) is 0 Å². The van der Waals surface area contributed by atoms with E-state index in [0.717, 1.165) is 22.8 Å². The number of aromatic nitrogens is 3. The number of hydrogen-bond acceptors (Lipinski definition) is 3. The molecule has 2 aromatic heterocycles. The molecule has 10 heteroatoms. The predicted molar refractivity (Wildman–Crippen MR) is 98.9 cm³/mol. The van der Waals surface area contributed by atoms with E-state index in [2.05, 4.69) is 10.4 Å². The van der Waals surface area contributed by atoms with Crippen LogP contribution in [0.4, 0.5) is 23.2 Å². The topological polar surface area (TPSA) is 68.9 Å². The highest BCUT2D eigenvalue weighted by Crippen LogP contribution is 2.26. The highest BCUT2D eigenvalue weighted by Gasteiger charge is 2.20. The van der Waals surface area contributed by atoms with Crippen molar-refractivity contribution in [3.8, 4) is 0 Å². The summed E-state index contributed by atoms with van der Waals surface area (Å²) in [6.45, 7) is 3.50. The molecule has 29 heavy (non-hydrogen) atoms. The SMILES string of the molecule is CC(C)n1cc2c(C(F)F)cc(=O)n(CCC(=O)Nc3ccc(F)c(F)c3)c2n1. The van der Waals surface area contributed by atoms with E-state index in [1.807, 2.05) is 13.8 Å². The van der Waals surface area contributed by atoms with Crippen LogP contribution in [0.3, 0.4) is 0 Å². The van der Waals surface area contributed by atoms with E-state index in [1.165, 1.54) is 16.9 Å². The zero-order valence-electron chi connectivity index (χ0n) is 15.6. The molecule has 0 saturated carbocycles. The average Bonchev–Trinajstić information content (AvgIpc) is 3.08. The van der Waals surface area contributed by atoms with Gasteiger partial charge in [0.2, 0.25) is 5.91 Å². The van der Waals surface area contributed by atoms with Gasteiger partial charge in [-0.2, -0.15) is 5.10 Å². The lowest BCUT2D eigenvalue weighted by Gasteiger charge is -2.10.